The smallest absolute Gasteiger partial charge is 0.193 e. The Morgan fingerprint density at radius 1 is 1.36 bits per heavy atom. The first-order valence-electron chi connectivity index (χ1n) is 9.74. The molecule has 0 spiro atoms. The summed E-state index contributed by atoms with van der Waals surface area (Å²) in [4.78, 5) is 14.5. The molecule has 2 aromatic heterocycles. The van der Waals surface area contributed by atoms with Gasteiger partial charge in [0.25, 0.3) is 0 Å². The van der Waals surface area contributed by atoms with Crippen LogP contribution in [0.4, 0.5) is 0 Å². The van der Waals surface area contributed by atoms with Gasteiger partial charge in [0.1, 0.15) is 0 Å². The summed E-state index contributed by atoms with van der Waals surface area (Å²) in [6.45, 7) is 5.20. The average Bonchev–Trinajstić information content (AvgIpc) is 3.36. The molecule has 2 N–H and O–H groups in total. The predicted octanol–water partition coefficient (Wildman–Crippen LogP) is 3.68. The van der Waals surface area contributed by atoms with Gasteiger partial charge in [-0.05, 0) is 30.4 Å². The number of rotatable bonds is 4. The van der Waals surface area contributed by atoms with E-state index in [2.05, 4.69) is 73.3 Å². The van der Waals surface area contributed by atoms with Crippen LogP contribution in [0.1, 0.15) is 24.9 Å². The van der Waals surface area contributed by atoms with E-state index >= 15 is 0 Å². The Balaban J connectivity index is 0.00000225. The molecule has 7 heteroatoms. The lowest BCUT2D eigenvalue weighted by molar-refractivity contribution is 0.189. The first-order chi connectivity index (χ1) is 13.3. The lowest BCUT2D eigenvalue weighted by Crippen LogP contribution is -2.49. The Kier molecular flexibility index (Phi) is 6.98. The van der Waals surface area contributed by atoms with Crippen molar-refractivity contribution in [2.75, 3.05) is 26.7 Å². The second-order valence-electron chi connectivity index (χ2n) is 7.37. The molecule has 0 bridgehead atoms. The Bertz CT molecular complexity index is 901. The van der Waals surface area contributed by atoms with Crippen LogP contribution in [0, 0.1) is 5.92 Å². The van der Waals surface area contributed by atoms with Crippen LogP contribution in [0.3, 0.4) is 0 Å². The number of halogens is 1. The predicted molar refractivity (Wildman–Crippen MR) is 125 cm³/mol. The highest BCUT2D eigenvalue weighted by Crippen LogP contribution is 2.27. The van der Waals surface area contributed by atoms with E-state index in [1.165, 1.54) is 16.5 Å². The minimum Gasteiger partial charge on any atom is -0.361 e. The van der Waals surface area contributed by atoms with Crippen molar-refractivity contribution in [1.29, 1.82) is 0 Å². The molecular weight excluding hydrogens is 463 g/mol. The Hall–Kier alpha value is -2.03. The summed E-state index contributed by atoms with van der Waals surface area (Å²) in [5.41, 5.74) is 2.54. The van der Waals surface area contributed by atoms with Gasteiger partial charge in [0.05, 0.1) is 12.4 Å². The number of hydrogen-bond acceptors (Lipinski definition) is 2. The summed E-state index contributed by atoms with van der Waals surface area (Å²) < 4.78 is 2.23. The van der Waals surface area contributed by atoms with Gasteiger partial charge < -0.3 is 19.8 Å². The number of aromatic nitrogens is 3. The van der Waals surface area contributed by atoms with Crippen LogP contribution in [-0.2, 0) is 6.42 Å². The zero-order chi connectivity index (χ0) is 18.6. The summed E-state index contributed by atoms with van der Waals surface area (Å²) in [6.07, 6.45) is 10.1. The number of benzene rings is 1. The van der Waals surface area contributed by atoms with Gasteiger partial charge in [-0.25, -0.2) is 4.98 Å². The third kappa shape index (κ3) is 4.34. The monoisotopic (exact) mass is 492 g/mol. The van der Waals surface area contributed by atoms with E-state index in [1.54, 1.807) is 0 Å². The van der Waals surface area contributed by atoms with Gasteiger partial charge in [-0.3, -0.25) is 4.99 Å². The molecule has 4 rings (SSSR count). The van der Waals surface area contributed by atoms with Gasteiger partial charge in [-0.1, -0.05) is 25.1 Å². The molecule has 0 saturated carbocycles. The van der Waals surface area contributed by atoms with Gasteiger partial charge >= 0.3 is 0 Å². The first kappa shape index (κ1) is 20.7. The highest BCUT2D eigenvalue weighted by Gasteiger charge is 2.28. The number of imidazole rings is 1. The number of hydrogen-bond donors (Lipinski definition) is 2. The van der Waals surface area contributed by atoms with Crippen LogP contribution in [0.15, 0.2) is 54.2 Å². The molecular formula is C21H29IN6. The van der Waals surface area contributed by atoms with Gasteiger partial charge in [-0.2, -0.15) is 0 Å². The molecule has 150 valence electrons. The molecule has 1 saturated heterocycles. The van der Waals surface area contributed by atoms with Crippen LogP contribution in [0.5, 0.6) is 0 Å². The van der Waals surface area contributed by atoms with Gasteiger partial charge in [0, 0.05) is 56.2 Å². The Morgan fingerprint density at radius 2 is 2.21 bits per heavy atom. The maximum absolute atomic E-state index is 4.53. The lowest BCUT2D eigenvalue weighted by Gasteiger charge is -2.39. The van der Waals surface area contributed by atoms with Crippen LogP contribution in [0.25, 0.3) is 10.9 Å². The number of fused-ring (bicyclic) bond motifs is 1. The van der Waals surface area contributed by atoms with Crippen LogP contribution in [0.2, 0.25) is 0 Å². The number of aliphatic imine (C=N–C) groups is 1. The van der Waals surface area contributed by atoms with Crippen LogP contribution in [-0.4, -0.2) is 52.1 Å². The van der Waals surface area contributed by atoms with E-state index < -0.39 is 0 Å². The number of guanidine groups is 1. The number of likely N-dealkylation sites (tertiary alicyclic amines) is 1. The number of para-hydroxylation sites is 1. The van der Waals surface area contributed by atoms with Crippen molar-refractivity contribution >= 4 is 40.8 Å². The molecule has 0 aliphatic carbocycles. The molecule has 1 aromatic carbocycles. The minimum atomic E-state index is 0. The zero-order valence-electron chi connectivity index (χ0n) is 16.5. The van der Waals surface area contributed by atoms with E-state index in [1.807, 2.05) is 19.6 Å². The molecule has 2 unspecified atom stereocenters. The number of H-pyrrole nitrogens is 1. The molecule has 3 aromatic rings. The molecule has 3 heterocycles. The van der Waals surface area contributed by atoms with E-state index in [9.17, 15) is 0 Å². The maximum Gasteiger partial charge on any atom is 0.193 e. The average molecular weight is 492 g/mol. The van der Waals surface area contributed by atoms with Crippen molar-refractivity contribution in [3.8, 4) is 0 Å². The zero-order valence-corrected chi connectivity index (χ0v) is 18.8. The minimum absolute atomic E-state index is 0. The molecule has 6 nitrogen and oxygen atoms in total. The number of aromatic amines is 1. The van der Waals surface area contributed by atoms with Gasteiger partial charge in [-0.15, -0.1) is 24.0 Å². The summed E-state index contributed by atoms with van der Waals surface area (Å²) in [6, 6.07) is 8.90. The molecule has 0 amide bonds. The molecule has 0 radical (unpaired) electrons. The Morgan fingerprint density at radius 3 is 3.00 bits per heavy atom. The van der Waals surface area contributed by atoms with E-state index in [0.29, 0.717) is 12.0 Å². The van der Waals surface area contributed by atoms with Crippen LogP contribution >= 0.6 is 24.0 Å². The molecule has 1 aliphatic rings. The largest absolute Gasteiger partial charge is 0.361 e. The van der Waals surface area contributed by atoms with Crippen molar-refractivity contribution in [3.63, 3.8) is 0 Å². The fraction of sp³-hybridized carbons (Fsp3) is 0.429. The van der Waals surface area contributed by atoms with Crippen molar-refractivity contribution in [3.05, 3.63) is 54.7 Å². The Labute approximate surface area is 183 Å². The number of nitrogens with one attached hydrogen (secondary N) is 2. The molecule has 2 atom stereocenters. The maximum atomic E-state index is 4.53. The standard InChI is InChI=1S/C21H28N6.HI/c1-16-8-11-26(14-20(16)27-12-10-23-15-27)21(22-2)24-9-7-17-13-25-19-6-4-3-5-18(17)19;/h3-6,10,12-13,15-16,20,25H,7-9,11,14H2,1-2H3,(H,22,24);1H. The third-order valence-corrected chi connectivity index (χ3v) is 5.69. The SMILES string of the molecule is CN=C(NCCc1c[nH]c2ccccc12)N1CCC(C)C(n2ccnc2)C1.I. The topological polar surface area (TPSA) is 61.2 Å². The van der Waals surface area contributed by atoms with Crippen molar-refractivity contribution in [2.24, 2.45) is 10.9 Å². The summed E-state index contributed by atoms with van der Waals surface area (Å²) in [7, 11) is 1.87. The van der Waals surface area contributed by atoms with Crippen LogP contribution < -0.4 is 5.32 Å². The van der Waals surface area contributed by atoms with E-state index in [0.717, 1.165) is 38.4 Å². The van der Waals surface area contributed by atoms with Crippen molar-refractivity contribution in [2.45, 2.75) is 25.8 Å². The first-order valence-corrected chi connectivity index (χ1v) is 9.74. The summed E-state index contributed by atoms with van der Waals surface area (Å²) in [5, 5.41) is 4.87. The van der Waals surface area contributed by atoms with E-state index in [4.69, 9.17) is 0 Å². The number of nitrogens with zero attached hydrogens (tertiary/aromatic N) is 4. The second-order valence-corrected chi connectivity index (χ2v) is 7.37. The highest BCUT2D eigenvalue weighted by atomic mass is 127. The van der Waals surface area contributed by atoms with Gasteiger partial charge in [0.2, 0.25) is 0 Å². The molecule has 1 aliphatic heterocycles. The second kappa shape index (κ2) is 9.45. The summed E-state index contributed by atoms with van der Waals surface area (Å²) in [5.74, 6) is 1.63. The fourth-order valence-electron chi connectivity index (χ4n) is 4.07. The van der Waals surface area contributed by atoms with Gasteiger partial charge in [0.15, 0.2) is 5.96 Å². The highest BCUT2D eigenvalue weighted by molar-refractivity contribution is 14.0. The van der Waals surface area contributed by atoms with Crippen molar-refractivity contribution in [1.82, 2.24) is 24.8 Å². The van der Waals surface area contributed by atoms with E-state index in [-0.39, 0.29) is 24.0 Å². The normalized spacial score (nSPS) is 20.2. The molecule has 28 heavy (non-hydrogen) atoms. The third-order valence-electron chi connectivity index (χ3n) is 5.69. The molecule has 1 fully saturated rings. The van der Waals surface area contributed by atoms with Crippen molar-refractivity contribution < 1.29 is 0 Å². The lowest BCUT2D eigenvalue weighted by atomic mass is 9.93. The summed E-state index contributed by atoms with van der Waals surface area (Å²) >= 11 is 0. The number of piperidine rings is 1. The quantitative estimate of drug-likeness (QED) is 0.332. The fourth-order valence-corrected chi connectivity index (χ4v) is 4.07.